The molecule has 0 spiro atoms. The van der Waals surface area contributed by atoms with Crippen molar-refractivity contribution in [2.45, 2.75) is 6.92 Å². The van der Waals surface area contributed by atoms with E-state index in [1.807, 2.05) is 18.2 Å². The van der Waals surface area contributed by atoms with Crippen molar-refractivity contribution in [1.29, 1.82) is 0 Å². The average molecular weight is 240 g/mol. The second kappa shape index (κ2) is 5.67. The van der Waals surface area contributed by atoms with Crippen molar-refractivity contribution in [3.63, 3.8) is 0 Å². The zero-order valence-electron chi connectivity index (χ0n) is 9.87. The predicted molar refractivity (Wildman–Crippen MR) is 68.2 cm³/mol. The van der Waals surface area contributed by atoms with Gasteiger partial charge in [-0.2, -0.15) is 5.10 Å². The van der Waals surface area contributed by atoms with Crippen LogP contribution in [0.4, 0.5) is 0 Å². The Morgan fingerprint density at radius 3 is 2.61 bits per heavy atom. The third-order valence-corrected chi connectivity index (χ3v) is 2.30. The van der Waals surface area contributed by atoms with E-state index in [0.717, 1.165) is 5.69 Å². The van der Waals surface area contributed by atoms with Crippen molar-refractivity contribution < 1.29 is 4.79 Å². The minimum absolute atomic E-state index is 0.271. The van der Waals surface area contributed by atoms with Gasteiger partial charge in [0.1, 0.15) is 0 Å². The Bertz CT molecular complexity index is 552. The molecule has 1 N–H and O–H groups in total. The van der Waals surface area contributed by atoms with Gasteiger partial charge in [-0.3, -0.25) is 14.8 Å². The van der Waals surface area contributed by atoms with Gasteiger partial charge in [-0.05, 0) is 31.2 Å². The molecule has 18 heavy (non-hydrogen) atoms. The van der Waals surface area contributed by atoms with Gasteiger partial charge >= 0.3 is 0 Å². The second-order valence-corrected chi connectivity index (χ2v) is 3.59. The largest absolute Gasteiger partial charge is 0.271 e. The molecule has 2 aromatic heterocycles. The summed E-state index contributed by atoms with van der Waals surface area (Å²) in [4.78, 5) is 19.7. The summed E-state index contributed by atoms with van der Waals surface area (Å²) in [5, 5.41) is 4.00. The first-order valence-corrected chi connectivity index (χ1v) is 5.43. The Balaban J connectivity index is 2.05. The molecule has 0 aliphatic carbocycles. The van der Waals surface area contributed by atoms with Crippen molar-refractivity contribution in [3.05, 3.63) is 60.2 Å². The highest BCUT2D eigenvalue weighted by atomic mass is 16.2. The average Bonchev–Trinajstić information content (AvgIpc) is 2.46. The number of nitrogens with zero attached hydrogens (tertiary/aromatic N) is 3. The molecular weight excluding hydrogens is 228 g/mol. The SMILES string of the molecule is CC(=NNC(=O)c1ccncc1)c1ccccn1. The predicted octanol–water partition coefficient (Wildman–Crippen LogP) is 1.63. The van der Waals surface area contributed by atoms with Gasteiger partial charge in [0.25, 0.3) is 5.91 Å². The summed E-state index contributed by atoms with van der Waals surface area (Å²) in [5.41, 5.74) is 4.37. The maximum absolute atomic E-state index is 11.7. The molecule has 0 saturated carbocycles. The molecule has 0 aromatic carbocycles. The van der Waals surface area contributed by atoms with Crippen LogP contribution in [0.25, 0.3) is 0 Å². The molecule has 2 aromatic rings. The molecule has 2 heterocycles. The molecule has 1 amide bonds. The van der Waals surface area contributed by atoms with E-state index >= 15 is 0 Å². The molecule has 0 aliphatic rings. The van der Waals surface area contributed by atoms with Crippen molar-refractivity contribution in [2.75, 3.05) is 0 Å². The lowest BCUT2D eigenvalue weighted by molar-refractivity contribution is 0.0954. The van der Waals surface area contributed by atoms with Crippen LogP contribution >= 0.6 is 0 Å². The topological polar surface area (TPSA) is 67.2 Å². The number of rotatable bonds is 3. The molecule has 0 aliphatic heterocycles. The highest BCUT2D eigenvalue weighted by molar-refractivity contribution is 5.99. The molecular formula is C13H12N4O. The van der Waals surface area contributed by atoms with E-state index in [2.05, 4.69) is 20.5 Å². The van der Waals surface area contributed by atoms with E-state index in [4.69, 9.17) is 0 Å². The number of hydrazone groups is 1. The molecule has 5 heteroatoms. The maximum Gasteiger partial charge on any atom is 0.271 e. The molecule has 0 atom stereocenters. The van der Waals surface area contributed by atoms with Crippen LogP contribution in [-0.2, 0) is 0 Å². The number of hydrogen-bond donors (Lipinski definition) is 1. The minimum Gasteiger partial charge on any atom is -0.267 e. The molecule has 0 bridgehead atoms. The quantitative estimate of drug-likeness (QED) is 0.655. The van der Waals surface area contributed by atoms with E-state index < -0.39 is 0 Å². The van der Waals surface area contributed by atoms with Crippen LogP contribution in [0.15, 0.2) is 54.0 Å². The van der Waals surface area contributed by atoms with Gasteiger partial charge in [0.15, 0.2) is 0 Å². The van der Waals surface area contributed by atoms with Gasteiger partial charge in [0, 0.05) is 24.2 Å². The first-order chi connectivity index (χ1) is 8.77. The number of carbonyl (C=O) groups excluding carboxylic acids is 1. The fourth-order valence-electron chi connectivity index (χ4n) is 1.34. The fraction of sp³-hybridized carbons (Fsp3) is 0.0769. The number of pyridine rings is 2. The van der Waals surface area contributed by atoms with Gasteiger partial charge in [0.2, 0.25) is 0 Å². The molecule has 0 saturated heterocycles. The van der Waals surface area contributed by atoms with E-state index in [1.165, 1.54) is 0 Å². The van der Waals surface area contributed by atoms with Crippen LogP contribution in [-0.4, -0.2) is 21.6 Å². The number of nitrogens with one attached hydrogen (secondary N) is 1. The van der Waals surface area contributed by atoms with Crippen molar-refractivity contribution in [2.24, 2.45) is 5.10 Å². The smallest absolute Gasteiger partial charge is 0.267 e. The van der Waals surface area contributed by atoms with E-state index in [0.29, 0.717) is 11.3 Å². The van der Waals surface area contributed by atoms with E-state index in [9.17, 15) is 4.79 Å². The van der Waals surface area contributed by atoms with Gasteiger partial charge < -0.3 is 0 Å². The highest BCUT2D eigenvalue weighted by Gasteiger charge is 2.03. The zero-order chi connectivity index (χ0) is 12.8. The van der Waals surface area contributed by atoms with Gasteiger partial charge in [-0.25, -0.2) is 5.43 Å². The van der Waals surface area contributed by atoms with Crippen LogP contribution in [0, 0.1) is 0 Å². The van der Waals surface area contributed by atoms with Crippen LogP contribution in [0.2, 0.25) is 0 Å². The van der Waals surface area contributed by atoms with Crippen LogP contribution in [0.5, 0.6) is 0 Å². The van der Waals surface area contributed by atoms with Crippen LogP contribution in [0.1, 0.15) is 23.0 Å². The summed E-state index contributed by atoms with van der Waals surface area (Å²) in [6, 6.07) is 8.78. The summed E-state index contributed by atoms with van der Waals surface area (Å²) in [6.45, 7) is 1.79. The van der Waals surface area contributed by atoms with E-state index in [1.54, 1.807) is 37.6 Å². The van der Waals surface area contributed by atoms with Crippen molar-refractivity contribution >= 4 is 11.6 Å². The Labute approximate surface area is 105 Å². The Morgan fingerprint density at radius 1 is 1.17 bits per heavy atom. The first-order valence-electron chi connectivity index (χ1n) is 5.43. The summed E-state index contributed by atoms with van der Waals surface area (Å²) in [6.07, 6.45) is 4.80. The zero-order valence-corrected chi connectivity index (χ0v) is 9.87. The van der Waals surface area contributed by atoms with Gasteiger partial charge in [0.05, 0.1) is 11.4 Å². The Morgan fingerprint density at radius 2 is 1.94 bits per heavy atom. The molecule has 2 rings (SSSR count). The molecule has 90 valence electrons. The third-order valence-electron chi connectivity index (χ3n) is 2.30. The van der Waals surface area contributed by atoms with Crippen LogP contribution < -0.4 is 5.43 Å². The van der Waals surface area contributed by atoms with Crippen LogP contribution in [0.3, 0.4) is 0 Å². The summed E-state index contributed by atoms with van der Waals surface area (Å²) in [7, 11) is 0. The lowest BCUT2D eigenvalue weighted by atomic mass is 10.2. The summed E-state index contributed by atoms with van der Waals surface area (Å²) < 4.78 is 0. The molecule has 0 unspecified atom stereocenters. The summed E-state index contributed by atoms with van der Waals surface area (Å²) in [5.74, 6) is -0.271. The monoisotopic (exact) mass is 240 g/mol. The third kappa shape index (κ3) is 2.98. The standard InChI is InChI=1S/C13H12N4O/c1-10(12-4-2-3-7-15-12)16-17-13(18)11-5-8-14-9-6-11/h2-9H,1H3,(H,17,18). The normalized spacial score (nSPS) is 11.1. The second-order valence-electron chi connectivity index (χ2n) is 3.59. The number of amides is 1. The number of hydrogen-bond acceptors (Lipinski definition) is 4. The number of carbonyl (C=O) groups is 1. The Hall–Kier alpha value is -2.56. The first kappa shape index (κ1) is 11.9. The van der Waals surface area contributed by atoms with E-state index in [-0.39, 0.29) is 5.91 Å². The molecule has 0 fully saturated rings. The Kier molecular flexibility index (Phi) is 3.76. The van der Waals surface area contributed by atoms with Crippen molar-refractivity contribution in [3.8, 4) is 0 Å². The van der Waals surface area contributed by atoms with Crippen molar-refractivity contribution in [1.82, 2.24) is 15.4 Å². The minimum atomic E-state index is -0.271. The van der Waals surface area contributed by atoms with Gasteiger partial charge in [-0.1, -0.05) is 6.07 Å². The highest BCUT2D eigenvalue weighted by Crippen LogP contribution is 1.98. The number of aromatic nitrogens is 2. The summed E-state index contributed by atoms with van der Waals surface area (Å²) >= 11 is 0. The molecule has 5 nitrogen and oxygen atoms in total. The lowest BCUT2D eigenvalue weighted by Crippen LogP contribution is -2.19. The fourth-order valence-corrected chi connectivity index (χ4v) is 1.34. The lowest BCUT2D eigenvalue weighted by Gasteiger charge is -2.01. The molecule has 0 radical (unpaired) electrons. The van der Waals surface area contributed by atoms with Gasteiger partial charge in [-0.15, -0.1) is 0 Å². The maximum atomic E-state index is 11.7.